The van der Waals surface area contributed by atoms with Gasteiger partial charge >= 0.3 is 0 Å². The molecule has 1 aromatic heterocycles. The van der Waals surface area contributed by atoms with Crippen LogP contribution in [-0.2, 0) is 6.54 Å². The van der Waals surface area contributed by atoms with Crippen molar-refractivity contribution in [2.45, 2.75) is 38.3 Å². The SMILES string of the molecule is O=C(NCc1nn(C2CCCC2)c(=O)c2ccccc12)c1ccc(-c2ccccc2)cc1. The van der Waals surface area contributed by atoms with Crippen molar-refractivity contribution in [3.63, 3.8) is 0 Å². The number of amides is 1. The number of nitrogens with one attached hydrogen (secondary N) is 1. The topological polar surface area (TPSA) is 64.0 Å². The third-order valence-corrected chi connectivity index (χ3v) is 6.25. The summed E-state index contributed by atoms with van der Waals surface area (Å²) in [5.41, 5.74) is 3.46. The van der Waals surface area contributed by atoms with Gasteiger partial charge in [0.05, 0.1) is 23.7 Å². The minimum atomic E-state index is -0.158. The number of hydrogen-bond donors (Lipinski definition) is 1. The number of rotatable bonds is 5. The Balaban J connectivity index is 1.38. The standard InChI is InChI=1S/C27H25N3O2/c31-26(21-16-14-20(15-17-21)19-8-2-1-3-9-19)28-18-25-23-12-6-7-13-24(23)27(32)30(29-25)22-10-4-5-11-22/h1-3,6-9,12-17,22H,4-5,10-11,18H2,(H,28,31). The molecule has 1 amide bonds. The predicted octanol–water partition coefficient (Wildman–Crippen LogP) is 5.11. The molecule has 5 rings (SSSR count). The number of hydrogen-bond acceptors (Lipinski definition) is 3. The van der Waals surface area contributed by atoms with E-state index in [1.807, 2.05) is 78.9 Å². The Morgan fingerprint density at radius 2 is 1.47 bits per heavy atom. The Kier molecular flexibility index (Phi) is 5.55. The Bertz CT molecular complexity index is 1300. The van der Waals surface area contributed by atoms with E-state index >= 15 is 0 Å². The normalized spacial score (nSPS) is 14.0. The van der Waals surface area contributed by atoms with Crippen LogP contribution in [-0.4, -0.2) is 15.7 Å². The average Bonchev–Trinajstić information content (AvgIpc) is 3.39. The lowest BCUT2D eigenvalue weighted by Crippen LogP contribution is -2.30. The van der Waals surface area contributed by atoms with Crippen molar-refractivity contribution in [1.82, 2.24) is 15.1 Å². The maximum atomic E-state index is 13.0. The second-order valence-electron chi connectivity index (χ2n) is 8.31. The first kappa shape index (κ1) is 20.2. The summed E-state index contributed by atoms with van der Waals surface area (Å²) in [6.45, 7) is 0.271. The van der Waals surface area contributed by atoms with E-state index < -0.39 is 0 Å². The van der Waals surface area contributed by atoms with Gasteiger partial charge in [0.1, 0.15) is 0 Å². The first-order valence-electron chi connectivity index (χ1n) is 11.1. The van der Waals surface area contributed by atoms with Gasteiger partial charge in [0, 0.05) is 10.9 Å². The van der Waals surface area contributed by atoms with Crippen molar-refractivity contribution in [2.24, 2.45) is 0 Å². The first-order chi connectivity index (χ1) is 15.7. The monoisotopic (exact) mass is 423 g/mol. The molecule has 1 aliphatic carbocycles. The fourth-order valence-electron chi connectivity index (χ4n) is 4.51. The maximum Gasteiger partial charge on any atom is 0.274 e. The van der Waals surface area contributed by atoms with Crippen LogP contribution in [0, 0.1) is 0 Å². The van der Waals surface area contributed by atoms with E-state index in [0.717, 1.165) is 47.9 Å². The number of fused-ring (bicyclic) bond motifs is 1. The molecule has 1 aliphatic rings. The molecule has 0 atom stereocenters. The van der Waals surface area contributed by atoms with Gasteiger partial charge in [-0.1, -0.05) is 73.5 Å². The van der Waals surface area contributed by atoms with Crippen molar-refractivity contribution in [1.29, 1.82) is 0 Å². The fraction of sp³-hybridized carbons (Fsp3) is 0.222. The zero-order valence-corrected chi connectivity index (χ0v) is 17.8. The molecule has 5 heteroatoms. The molecular formula is C27H25N3O2. The molecule has 1 heterocycles. The Morgan fingerprint density at radius 1 is 0.844 bits per heavy atom. The highest BCUT2D eigenvalue weighted by Gasteiger charge is 2.21. The molecule has 5 nitrogen and oxygen atoms in total. The van der Waals surface area contributed by atoms with Crippen LogP contribution in [0.2, 0.25) is 0 Å². The van der Waals surface area contributed by atoms with Gasteiger partial charge < -0.3 is 5.32 Å². The number of nitrogens with zero attached hydrogens (tertiary/aromatic N) is 2. The average molecular weight is 424 g/mol. The van der Waals surface area contributed by atoms with Crippen LogP contribution in [0.5, 0.6) is 0 Å². The molecule has 32 heavy (non-hydrogen) atoms. The lowest BCUT2D eigenvalue weighted by atomic mass is 10.0. The van der Waals surface area contributed by atoms with Crippen LogP contribution in [0.1, 0.15) is 47.8 Å². The first-order valence-corrected chi connectivity index (χ1v) is 11.1. The largest absolute Gasteiger partial charge is 0.346 e. The zero-order valence-electron chi connectivity index (χ0n) is 17.8. The van der Waals surface area contributed by atoms with Gasteiger partial charge in [-0.15, -0.1) is 0 Å². The van der Waals surface area contributed by atoms with Crippen molar-refractivity contribution in [3.05, 3.63) is 100 Å². The van der Waals surface area contributed by atoms with Gasteiger partial charge in [0.15, 0.2) is 0 Å². The molecule has 1 fully saturated rings. The second kappa shape index (κ2) is 8.79. The summed E-state index contributed by atoms with van der Waals surface area (Å²) in [6.07, 6.45) is 4.20. The van der Waals surface area contributed by atoms with Gasteiger partial charge in [-0.25, -0.2) is 4.68 Å². The molecule has 0 aliphatic heterocycles. The van der Waals surface area contributed by atoms with Crippen LogP contribution in [0.3, 0.4) is 0 Å². The Hall–Kier alpha value is -3.73. The van der Waals surface area contributed by atoms with Gasteiger partial charge in [0.25, 0.3) is 11.5 Å². The van der Waals surface area contributed by atoms with Crippen molar-refractivity contribution in [2.75, 3.05) is 0 Å². The molecule has 0 bridgehead atoms. The minimum absolute atomic E-state index is 0.0425. The highest BCUT2D eigenvalue weighted by atomic mass is 16.1. The van der Waals surface area contributed by atoms with Gasteiger partial charge in [-0.05, 0) is 42.2 Å². The lowest BCUT2D eigenvalue weighted by Gasteiger charge is -2.16. The molecule has 3 aromatic carbocycles. The van der Waals surface area contributed by atoms with Crippen LogP contribution >= 0.6 is 0 Å². The van der Waals surface area contributed by atoms with E-state index in [1.165, 1.54) is 0 Å². The summed E-state index contributed by atoms with van der Waals surface area (Å²) >= 11 is 0. The van der Waals surface area contributed by atoms with E-state index in [2.05, 4.69) is 5.32 Å². The van der Waals surface area contributed by atoms with Crippen molar-refractivity contribution in [3.8, 4) is 11.1 Å². The van der Waals surface area contributed by atoms with Crippen LogP contribution in [0.4, 0.5) is 0 Å². The highest BCUT2D eigenvalue weighted by molar-refractivity contribution is 5.95. The van der Waals surface area contributed by atoms with Crippen LogP contribution in [0.15, 0.2) is 83.7 Å². The van der Waals surface area contributed by atoms with E-state index in [1.54, 1.807) is 4.68 Å². The minimum Gasteiger partial charge on any atom is -0.346 e. The smallest absolute Gasteiger partial charge is 0.274 e. The number of carbonyl (C=O) groups excluding carboxylic acids is 1. The van der Waals surface area contributed by atoms with E-state index in [0.29, 0.717) is 10.9 Å². The van der Waals surface area contributed by atoms with E-state index in [9.17, 15) is 9.59 Å². The second-order valence-corrected chi connectivity index (χ2v) is 8.31. The van der Waals surface area contributed by atoms with Gasteiger partial charge in [0.2, 0.25) is 0 Å². The van der Waals surface area contributed by atoms with E-state index in [-0.39, 0.29) is 24.1 Å². The molecular weight excluding hydrogens is 398 g/mol. The summed E-state index contributed by atoms with van der Waals surface area (Å²) in [6, 6.07) is 25.3. The zero-order chi connectivity index (χ0) is 21.9. The molecule has 0 spiro atoms. The van der Waals surface area contributed by atoms with Gasteiger partial charge in [-0.3, -0.25) is 9.59 Å². The van der Waals surface area contributed by atoms with Crippen molar-refractivity contribution >= 4 is 16.7 Å². The van der Waals surface area contributed by atoms with Gasteiger partial charge in [-0.2, -0.15) is 5.10 Å². The molecule has 160 valence electrons. The summed E-state index contributed by atoms with van der Waals surface area (Å²) in [7, 11) is 0. The molecule has 0 unspecified atom stereocenters. The quantitative estimate of drug-likeness (QED) is 0.485. The summed E-state index contributed by atoms with van der Waals surface area (Å²) < 4.78 is 1.64. The molecule has 4 aromatic rings. The third-order valence-electron chi connectivity index (χ3n) is 6.25. The number of aromatic nitrogens is 2. The van der Waals surface area contributed by atoms with Crippen LogP contribution < -0.4 is 10.9 Å². The van der Waals surface area contributed by atoms with Crippen LogP contribution in [0.25, 0.3) is 21.9 Å². The summed E-state index contributed by atoms with van der Waals surface area (Å²) in [5, 5.41) is 9.13. The number of carbonyl (C=O) groups is 1. The summed E-state index contributed by atoms with van der Waals surface area (Å²) in [5.74, 6) is -0.158. The van der Waals surface area contributed by atoms with E-state index in [4.69, 9.17) is 5.10 Å². The molecule has 0 radical (unpaired) electrons. The lowest BCUT2D eigenvalue weighted by molar-refractivity contribution is 0.0950. The highest BCUT2D eigenvalue weighted by Crippen LogP contribution is 2.28. The fourth-order valence-corrected chi connectivity index (χ4v) is 4.51. The predicted molar refractivity (Wildman–Crippen MR) is 127 cm³/mol. The molecule has 0 saturated heterocycles. The summed E-state index contributed by atoms with van der Waals surface area (Å²) in [4.78, 5) is 25.8. The molecule has 1 saturated carbocycles. The maximum absolute atomic E-state index is 13.0. The third kappa shape index (κ3) is 3.94. The number of benzene rings is 3. The van der Waals surface area contributed by atoms with Crippen molar-refractivity contribution < 1.29 is 4.79 Å². The molecule has 1 N–H and O–H groups in total. The Labute approximate surface area is 186 Å². The Morgan fingerprint density at radius 3 is 2.19 bits per heavy atom.